The van der Waals surface area contributed by atoms with Crippen LogP contribution < -0.4 is 0 Å². The van der Waals surface area contributed by atoms with Gasteiger partial charge in [-0.3, -0.25) is 4.90 Å². The van der Waals surface area contributed by atoms with Crippen molar-refractivity contribution in [2.75, 3.05) is 19.7 Å². The van der Waals surface area contributed by atoms with Gasteiger partial charge >= 0.3 is 0 Å². The molecule has 0 spiro atoms. The van der Waals surface area contributed by atoms with Crippen molar-refractivity contribution in [1.82, 2.24) is 4.90 Å². The lowest BCUT2D eigenvalue weighted by molar-refractivity contribution is 0.0765. The second-order valence-electron chi connectivity index (χ2n) is 5.31. The van der Waals surface area contributed by atoms with Crippen molar-refractivity contribution in [3.8, 4) is 0 Å². The first-order valence-corrected chi connectivity index (χ1v) is 8.27. The van der Waals surface area contributed by atoms with Gasteiger partial charge in [-0.1, -0.05) is 40.0 Å². The molecule has 0 bridgehead atoms. The minimum Gasteiger partial charge on any atom is -0.395 e. The second kappa shape index (κ2) is 7.76. The van der Waals surface area contributed by atoms with Crippen molar-refractivity contribution in [1.29, 1.82) is 0 Å². The Kier molecular flexibility index (Phi) is 6.30. The first kappa shape index (κ1) is 16.2. The van der Waals surface area contributed by atoms with Crippen molar-refractivity contribution in [3.05, 3.63) is 33.3 Å². The molecular weight excluding hydrogens is 342 g/mol. The van der Waals surface area contributed by atoms with E-state index in [2.05, 4.69) is 20.8 Å². The van der Waals surface area contributed by atoms with Crippen LogP contribution >= 0.6 is 27.5 Å². The molecule has 0 aromatic heterocycles. The quantitative estimate of drug-likeness (QED) is 0.781. The lowest BCUT2D eigenvalue weighted by Crippen LogP contribution is -2.42. The molecule has 0 amide bonds. The topological polar surface area (TPSA) is 43.7 Å². The van der Waals surface area contributed by atoms with Crippen molar-refractivity contribution < 1.29 is 10.2 Å². The number of hydrogen-bond donors (Lipinski definition) is 2. The molecule has 112 valence electrons. The Hall–Kier alpha value is -0.130. The van der Waals surface area contributed by atoms with E-state index in [0.717, 1.165) is 16.6 Å². The van der Waals surface area contributed by atoms with Crippen molar-refractivity contribution >= 4 is 27.5 Å². The summed E-state index contributed by atoms with van der Waals surface area (Å²) in [4.78, 5) is 2.28. The van der Waals surface area contributed by atoms with Crippen LogP contribution in [0.1, 0.15) is 37.4 Å². The summed E-state index contributed by atoms with van der Waals surface area (Å²) < 4.78 is 0.912. The average Bonchev–Trinajstić information content (AvgIpc) is 2.33. The molecule has 2 rings (SSSR count). The average molecular weight is 363 g/mol. The van der Waals surface area contributed by atoms with Crippen LogP contribution in [0.2, 0.25) is 5.02 Å². The van der Waals surface area contributed by atoms with E-state index in [1.54, 1.807) is 6.07 Å². The predicted octanol–water partition coefficient (Wildman–Crippen LogP) is 3.37. The van der Waals surface area contributed by atoms with Gasteiger partial charge in [-0.2, -0.15) is 0 Å². The third kappa shape index (κ3) is 4.18. The summed E-state index contributed by atoms with van der Waals surface area (Å²) in [6.45, 7) is 1.65. The maximum atomic E-state index is 10.3. The summed E-state index contributed by atoms with van der Waals surface area (Å²) in [5.41, 5.74) is 0.771. The molecule has 0 radical (unpaired) electrons. The zero-order chi connectivity index (χ0) is 14.5. The first-order chi connectivity index (χ1) is 9.61. The van der Waals surface area contributed by atoms with Crippen LogP contribution in [0.5, 0.6) is 0 Å². The number of halogens is 2. The smallest absolute Gasteiger partial charge is 0.0816 e. The second-order valence-corrected chi connectivity index (χ2v) is 6.64. The van der Waals surface area contributed by atoms with Gasteiger partial charge in [0, 0.05) is 28.6 Å². The molecule has 1 aliphatic carbocycles. The van der Waals surface area contributed by atoms with E-state index in [9.17, 15) is 5.11 Å². The Morgan fingerprint density at radius 1 is 1.35 bits per heavy atom. The van der Waals surface area contributed by atoms with Crippen LogP contribution in [0, 0.1) is 0 Å². The van der Waals surface area contributed by atoms with E-state index < -0.39 is 6.10 Å². The molecule has 1 aromatic carbocycles. The standard InChI is InChI=1S/C15H21BrClNO2/c16-11-4-5-13(14(17)10-11)15(20)6-7-18(8-9-19)12-2-1-3-12/h4-5,10,12,15,19-20H,1-3,6-9H2. The van der Waals surface area contributed by atoms with Gasteiger partial charge in [0.2, 0.25) is 0 Å². The normalized spacial score (nSPS) is 17.2. The third-order valence-corrected chi connectivity index (χ3v) is 4.81. The highest BCUT2D eigenvalue weighted by atomic mass is 79.9. The molecule has 0 heterocycles. The van der Waals surface area contributed by atoms with E-state index in [1.807, 2.05) is 12.1 Å². The van der Waals surface area contributed by atoms with E-state index in [0.29, 0.717) is 24.0 Å². The fourth-order valence-electron chi connectivity index (χ4n) is 2.57. The molecule has 0 saturated heterocycles. The molecule has 2 N–H and O–H groups in total. The van der Waals surface area contributed by atoms with E-state index >= 15 is 0 Å². The highest BCUT2D eigenvalue weighted by molar-refractivity contribution is 9.10. The molecular formula is C15H21BrClNO2. The largest absolute Gasteiger partial charge is 0.395 e. The van der Waals surface area contributed by atoms with Crippen LogP contribution in [-0.2, 0) is 0 Å². The van der Waals surface area contributed by atoms with E-state index in [-0.39, 0.29) is 6.61 Å². The molecule has 0 aliphatic heterocycles. The van der Waals surface area contributed by atoms with Gasteiger partial charge in [-0.05, 0) is 37.0 Å². The van der Waals surface area contributed by atoms with Crippen molar-refractivity contribution in [2.24, 2.45) is 0 Å². The summed E-state index contributed by atoms with van der Waals surface area (Å²) in [5, 5.41) is 20.0. The lowest BCUT2D eigenvalue weighted by atomic mass is 9.91. The van der Waals surface area contributed by atoms with Gasteiger partial charge < -0.3 is 10.2 Å². The molecule has 1 aromatic rings. The molecule has 20 heavy (non-hydrogen) atoms. The van der Waals surface area contributed by atoms with Crippen molar-refractivity contribution in [3.63, 3.8) is 0 Å². The molecule has 3 nitrogen and oxygen atoms in total. The maximum Gasteiger partial charge on any atom is 0.0816 e. The number of hydrogen-bond acceptors (Lipinski definition) is 3. The number of nitrogens with zero attached hydrogens (tertiary/aromatic N) is 1. The highest BCUT2D eigenvalue weighted by Crippen LogP contribution is 2.30. The van der Waals surface area contributed by atoms with Gasteiger partial charge in [0.1, 0.15) is 0 Å². The molecule has 1 aliphatic rings. The Labute approximate surface area is 133 Å². The molecule has 1 atom stereocenters. The Morgan fingerprint density at radius 3 is 2.65 bits per heavy atom. The zero-order valence-corrected chi connectivity index (χ0v) is 13.8. The number of aliphatic hydroxyl groups is 2. The number of rotatable bonds is 7. The fraction of sp³-hybridized carbons (Fsp3) is 0.600. The third-order valence-electron chi connectivity index (χ3n) is 3.99. The van der Waals surface area contributed by atoms with Gasteiger partial charge in [0.05, 0.1) is 12.7 Å². The molecule has 5 heteroatoms. The highest BCUT2D eigenvalue weighted by Gasteiger charge is 2.25. The zero-order valence-electron chi connectivity index (χ0n) is 11.4. The first-order valence-electron chi connectivity index (χ1n) is 7.09. The Balaban J connectivity index is 1.91. The lowest BCUT2D eigenvalue weighted by Gasteiger charge is -2.37. The summed E-state index contributed by atoms with van der Waals surface area (Å²) in [6.07, 6.45) is 3.76. The number of benzene rings is 1. The van der Waals surface area contributed by atoms with Crippen LogP contribution in [0.4, 0.5) is 0 Å². The predicted molar refractivity (Wildman–Crippen MR) is 85.0 cm³/mol. The number of aliphatic hydroxyl groups excluding tert-OH is 2. The monoisotopic (exact) mass is 361 g/mol. The van der Waals surface area contributed by atoms with Gasteiger partial charge in [0.15, 0.2) is 0 Å². The Bertz CT molecular complexity index is 440. The summed E-state index contributed by atoms with van der Waals surface area (Å²) >= 11 is 9.52. The van der Waals surface area contributed by atoms with Gasteiger partial charge in [0.25, 0.3) is 0 Å². The molecule has 1 saturated carbocycles. The fourth-order valence-corrected chi connectivity index (χ4v) is 3.37. The van der Waals surface area contributed by atoms with Crippen LogP contribution in [0.25, 0.3) is 0 Å². The summed E-state index contributed by atoms with van der Waals surface area (Å²) in [6, 6.07) is 6.13. The molecule has 1 fully saturated rings. The van der Waals surface area contributed by atoms with Crippen LogP contribution in [0.15, 0.2) is 22.7 Å². The minimum absolute atomic E-state index is 0.172. The van der Waals surface area contributed by atoms with Crippen molar-refractivity contribution in [2.45, 2.75) is 37.8 Å². The molecule has 1 unspecified atom stereocenters. The van der Waals surface area contributed by atoms with Crippen LogP contribution in [0.3, 0.4) is 0 Å². The van der Waals surface area contributed by atoms with E-state index in [4.69, 9.17) is 16.7 Å². The van der Waals surface area contributed by atoms with Crippen LogP contribution in [-0.4, -0.2) is 40.9 Å². The summed E-state index contributed by atoms with van der Waals surface area (Å²) in [7, 11) is 0. The summed E-state index contributed by atoms with van der Waals surface area (Å²) in [5.74, 6) is 0. The maximum absolute atomic E-state index is 10.3. The van der Waals surface area contributed by atoms with E-state index in [1.165, 1.54) is 19.3 Å². The minimum atomic E-state index is -0.558. The van der Waals surface area contributed by atoms with Gasteiger partial charge in [-0.15, -0.1) is 0 Å². The Morgan fingerprint density at radius 2 is 2.10 bits per heavy atom. The SMILES string of the molecule is OCCN(CCC(O)c1ccc(Br)cc1Cl)C1CCC1. The van der Waals surface area contributed by atoms with Gasteiger partial charge in [-0.25, -0.2) is 0 Å².